The molecule has 90 valence electrons. The minimum absolute atomic E-state index is 0.0317. The standard InChI is InChI=1S/C11H15N5O/c1-7-3-4-9(17-7)8(2)15-10-5-11(16-12)14-6-13-10/h3-6,8H,12H2,1-2H3,(H2,13,14,15,16). The highest BCUT2D eigenvalue weighted by molar-refractivity contribution is 5.46. The summed E-state index contributed by atoms with van der Waals surface area (Å²) in [5.41, 5.74) is 2.47. The minimum atomic E-state index is 0.0317. The maximum atomic E-state index is 5.53. The van der Waals surface area contributed by atoms with Gasteiger partial charge in [-0.05, 0) is 26.0 Å². The van der Waals surface area contributed by atoms with E-state index in [0.717, 1.165) is 11.5 Å². The van der Waals surface area contributed by atoms with Crippen molar-refractivity contribution in [1.29, 1.82) is 0 Å². The molecule has 0 spiro atoms. The van der Waals surface area contributed by atoms with Crippen molar-refractivity contribution in [2.75, 3.05) is 10.7 Å². The highest BCUT2D eigenvalue weighted by atomic mass is 16.3. The van der Waals surface area contributed by atoms with Crippen LogP contribution in [0.3, 0.4) is 0 Å². The van der Waals surface area contributed by atoms with Crippen LogP contribution in [0.15, 0.2) is 28.9 Å². The zero-order valence-electron chi connectivity index (χ0n) is 9.77. The smallest absolute Gasteiger partial charge is 0.145 e. The van der Waals surface area contributed by atoms with E-state index in [1.165, 1.54) is 6.33 Å². The van der Waals surface area contributed by atoms with Crippen molar-refractivity contribution >= 4 is 11.6 Å². The summed E-state index contributed by atoms with van der Waals surface area (Å²) >= 11 is 0. The number of hydrazine groups is 1. The maximum Gasteiger partial charge on any atom is 0.145 e. The van der Waals surface area contributed by atoms with Crippen molar-refractivity contribution in [3.63, 3.8) is 0 Å². The maximum absolute atomic E-state index is 5.53. The summed E-state index contributed by atoms with van der Waals surface area (Å²) < 4.78 is 5.53. The van der Waals surface area contributed by atoms with Crippen molar-refractivity contribution in [3.8, 4) is 0 Å². The van der Waals surface area contributed by atoms with Gasteiger partial charge in [-0.15, -0.1) is 0 Å². The highest BCUT2D eigenvalue weighted by Gasteiger charge is 2.10. The molecule has 0 aliphatic rings. The van der Waals surface area contributed by atoms with E-state index in [9.17, 15) is 0 Å². The molecule has 0 saturated carbocycles. The molecule has 0 aliphatic heterocycles. The first-order chi connectivity index (χ1) is 8.19. The molecule has 0 aliphatic carbocycles. The average Bonchev–Trinajstić information content (AvgIpc) is 2.76. The number of furan rings is 1. The third-order valence-electron chi connectivity index (χ3n) is 2.37. The third kappa shape index (κ3) is 2.73. The number of nitrogens with two attached hydrogens (primary N) is 1. The molecule has 0 radical (unpaired) electrons. The summed E-state index contributed by atoms with van der Waals surface area (Å²) in [6, 6.07) is 5.63. The molecule has 2 rings (SSSR count). The van der Waals surface area contributed by atoms with Gasteiger partial charge in [0.05, 0.1) is 6.04 Å². The summed E-state index contributed by atoms with van der Waals surface area (Å²) in [5.74, 6) is 8.28. The Hall–Kier alpha value is -2.08. The molecule has 2 heterocycles. The van der Waals surface area contributed by atoms with Gasteiger partial charge >= 0.3 is 0 Å². The molecular formula is C11H15N5O. The number of nitrogen functional groups attached to an aromatic ring is 1. The van der Waals surface area contributed by atoms with Gasteiger partial charge < -0.3 is 15.2 Å². The van der Waals surface area contributed by atoms with Crippen LogP contribution in [0, 0.1) is 6.92 Å². The zero-order chi connectivity index (χ0) is 12.3. The fourth-order valence-corrected chi connectivity index (χ4v) is 1.49. The van der Waals surface area contributed by atoms with Crippen LogP contribution in [-0.2, 0) is 0 Å². The Morgan fingerprint density at radius 1 is 1.29 bits per heavy atom. The van der Waals surface area contributed by atoms with E-state index < -0.39 is 0 Å². The SMILES string of the molecule is Cc1ccc(C(C)Nc2cc(NN)ncn2)o1. The molecule has 0 aromatic carbocycles. The Labute approximate surface area is 99.2 Å². The average molecular weight is 233 g/mol. The molecular weight excluding hydrogens is 218 g/mol. The van der Waals surface area contributed by atoms with Gasteiger partial charge in [-0.3, -0.25) is 0 Å². The van der Waals surface area contributed by atoms with Gasteiger partial charge in [0.25, 0.3) is 0 Å². The second-order valence-electron chi connectivity index (χ2n) is 3.75. The first kappa shape index (κ1) is 11.4. The predicted molar refractivity (Wildman–Crippen MR) is 65.3 cm³/mol. The van der Waals surface area contributed by atoms with Crippen LogP contribution in [0.5, 0.6) is 0 Å². The van der Waals surface area contributed by atoms with E-state index in [0.29, 0.717) is 11.6 Å². The molecule has 1 unspecified atom stereocenters. The lowest BCUT2D eigenvalue weighted by atomic mass is 10.2. The number of rotatable bonds is 4. The number of anilines is 2. The molecule has 2 aromatic rings. The first-order valence-electron chi connectivity index (χ1n) is 5.30. The number of hydrogen-bond donors (Lipinski definition) is 3. The summed E-state index contributed by atoms with van der Waals surface area (Å²) in [4.78, 5) is 8.03. The van der Waals surface area contributed by atoms with Crippen LogP contribution < -0.4 is 16.6 Å². The van der Waals surface area contributed by atoms with Crippen LogP contribution in [-0.4, -0.2) is 9.97 Å². The molecule has 17 heavy (non-hydrogen) atoms. The summed E-state index contributed by atoms with van der Waals surface area (Å²) in [7, 11) is 0. The van der Waals surface area contributed by atoms with Crippen molar-refractivity contribution < 1.29 is 4.42 Å². The summed E-state index contributed by atoms with van der Waals surface area (Å²) in [5, 5.41) is 3.21. The van der Waals surface area contributed by atoms with Crippen molar-refractivity contribution in [2.24, 2.45) is 5.84 Å². The van der Waals surface area contributed by atoms with E-state index in [-0.39, 0.29) is 6.04 Å². The Bertz CT molecular complexity index is 496. The van der Waals surface area contributed by atoms with Gasteiger partial charge in [0.2, 0.25) is 0 Å². The van der Waals surface area contributed by atoms with Gasteiger partial charge in [0, 0.05) is 6.07 Å². The third-order valence-corrected chi connectivity index (χ3v) is 2.37. The van der Waals surface area contributed by atoms with E-state index >= 15 is 0 Å². The second kappa shape index (κ2) is 4.84. The lowest BCUT2D eigenvalue weighted by molar-refractivity contribution is 0.466. The molecule has 0 amide bonds. The van der Waals surface area contributed by atoms with Gasteiger partial charge in [0.15, 0.2) is 0 Å². The fourth-order valence-electron chi connectivity index (χ4n) is 1.49. The minimum Gasteiger partial charge on any atom is -0.464 e. The van der Waals surface area contributed by atoms with E-state index in [4.69, 9.17) is 10.3 Å². The van der Waals surface area contributed by atoms with Crippen LogP contribution in [0.1, 0.15) is 24.5 Å². The van der Waals surface area contributed by atoms with Crippen LogP contribution >= 0.6 is 0 Å². The lowest BCUT2D eigenvalue weighted by Gasteiger charge is -2.12. The van der Waals surface area contributed by atoms with Crippen LogP contribution in [0.2, 0.25) is 0 Å². The molecule has 0 bridgehead atoms. The van der Waals surface area contributed by atoms with E-state index in [1.807, 2.05) is 26.0 Å². The van der Waals surface area contributed by atoms with Crippen molar-refractivity contribution in [3.05, 3.63) is 36.0 Å². The molecule has 6 heteroatoms. The normalized spacial score (nSPS) is 12.2. The highest BCUT2D eigenvalue weighted by Crippen LogP contribution is 2.20. The molecule has 6 nitrogen and oxygen atoms in total. The molecule has 2 aromatic heterocycles. The molecule has 1 atom stereocenters. The Morgan fingerprint density at radius 3 is 2.71 bits per heavy atom. The quantitative estimate of drug-likeness (QED) is 0.551. The van der Waals surface area contributed by atoms with E-state index in [2.05, 4.69) is 20.7 Å². The number of nitrogens with zero attached hydrogens (tertiary/aromatic N) is 2. The fraction of sp³-hybridized carbons (Fsp3) is 0.273. The topological polar surface area (TPSA) is 89.0 Å². The Balaban J connectivity index is 2.09. The van der Waals surface area contributed by atoms with Crippen molar-refractivity contribution in [1.82, 2.24) is 9.97 Å². The summed E-state index contributed by atoms with van der Waals surface area (Å²) in [6.07, 6.45) is 1.44. The van der Waals surface area contributed by atoms with E-state index in [1.54, 1.807) is 6.07 Å². The lowest BCUT2D eigenvalue weighted by Crippen LogP contribution is -2.11. The van der Waals surface area contributed by atoms with Gasteiger partial charge in [0.1, 0.15) is 29.5 Å². The van der Waals surface area contributed by atoms with Gasteiger partial charge in [-0.2, -0.15) is 0 Å². The molecule has 4 N–H and O–H groups in total. The largest absolute Gasteiger partial charge is 0.464 e. The molecule has 0 fully saturated rings. The van der Waals surface area contributed by atoms with Crippen molar-refractivity contribution in [2.45, 2.75) is 19.9 Å². The number of aromatic nitrogens is 2. The van der Waals surface area contributed by atoms with Gasteiger partial charge in [-0.25, -0.2) is 15.8 Å². The zero-order valence-corrected chi connectivity index (χ0v) is 9.77. The number of aryl methyl sites for hydroxylation is 1. The van der Waals surface area contributed by atoms with Crippen LogP contribution in [0.4, 0.5) is 11.6 Å². The van der Waals surface area contributed by atoms with Crippen LogP contribution in [0.25, 0.3) is 0 Å². The predicted octanol–water partition coefficient (Wildman–Crippen LogP) is 1.84. The second-order valence-corrected chi connectivity index (χ2v) is 3.75. The number of hydrogen-bond acceptors (Lipinski definition) is 6. The Kier molecular flexibility index (Phi) is 3.24. The molecule has 0 saturated heterocycles. The first-order valence-corrected chi connectivity index (χ1v) is 5.30. The number of nitrogens with one attached hydrogen (secondary N) is 2. The van der Waals surface area contributed by atoms with Gasteiger partial charge in [-0.1, -0.05) is 0 Å². The Morgan fingerprint density at radius 2 is 2.06 bits per heavy atom. The summed E-state index contributed by atoms with van der Waals surface area (Å²) in [6.45, 7) is 3.91. The monoisotopic (exact) mass is 233 g/mol.